The maximum Gasteiger partial charge on any atom is 0.194 e. The molecule has 0 atom stereocenters. The van der Waals surface area contributed by atoms with Crippen molar-refractivity contribution in [2.45, 2.75) is 13.1 Å². The van der Waals surface area contributed by atoms with Crippen molar-refractivity contribution in [2.75, 3.05) is 0 Å². The third-order valence-corrected chi connectivity index (χ3v) is 9.32. The molecule has 4 rings (SSSR count). The lowest BCUT2D eigenvalue weighted by Crippen LogP contribution is -3.00. The first-order chi connectivity index (χ1) is 13.7. The zero-order valence-corrected chi connectivity index (χ0v) is 18.6. The van der Waals surface area contributed by atoms with E-state index < -0.39 is 7.26 Å². The Balaban J connectivity index is 0.00000240. The lowest BCUT2D eigenvalue weighted by molar-refractivity contribution is -0.0000136. The number of halogens is 1. The highest BCUT2D eigenvalue weighted by molar-refractivity contribution is 7.95. The minimum atomic E-state index is -2.00. The summed E-state index contributed by atoms with van der Waals surface area (Å²) in [6.45, 7) is 1.54. The summed E-state index contributed by atoms with van der Waals surface area (Å²) in [5.74, 6) is 1.21. The predicted octanol–water partition coefficient (Wildman–Crippen LogP) is 1.98. The van der Waals surface area contributed by atoms with Gasteiger partial charge in [0.05, 0.1) is 0 Å². The number of hydrogen-bond acceptors (Lipinski definition) is 2. The van der Waals surface area contributed by atoms with Crippen LogP contribution in [0.2, 0.25) is 0 Å². The number of furan rings is 1. The fraction of sp³-hybridized carbons (Fsp3) is 0.0800. The average molecular weight is 465 g/mol. The molecule has 0 N–H and O–H groups in total. The standard InChI is InChI=1S/C25H22O2P.BrH/c1-20(26)25-18-17-21(27-25)19-28(22-11-5-2-6-12-22,23-13-7-3-8-14-23)24-15-9-4-10-16-24;/h2-18H,19H2,1H3;1H/q+1;/p-1. The van der Waals surface area contributed by atoms with Gasteiger partial charge >= 0.3 is 0 Å². The van der Waals surface area contributed by atoms with Gasteiger partial charge in [0, 0.05) is 6.92 Å². The molecular weight excluding hydrogens is 443 g/mol. The Bertz CT molecular complexity index is 963. The largest absolute Gasteiger partial charge is 1.00 e. The molecule has 0 saturated heterocycles. The molecule has 0 spiro atoms. The van der Waals surface area contributed by atoms with E-state index in [1.807, 2.05) is 6.07 Å². The molecule has 0 aliphatic heterocycles. The molecule has 146 valence electrons. The molecule has 0 bridgehead atoms. The van der Waals surface area contributed by atoms with Crippen LogP contribution >= 0.6 is 7.26 Å². The Kier molecular flexibility index (Phi) is 6.84. The van der Waals surface area contributed by atoms with E-state index in [0.717, 1.165) is 11.9 Å². The van der Waals surface area contributed by atoms with Crippen LogP contribution in [-0.4, -0.2) is 5.78 Å². The summed E-state index contributed by atoms with van der Waals surface area (Å²) in [6.07, 6.45) is 0.734. The molecule has 0 fully saturated rings. The predicted molar refractivity (Wildman–Crippen MR) is 118 cm³/mol. The van der Waals surface area contributed by atoms with E-state index in [1.165, 1.54) is 22.8 Å². The van der Waals surface area contributed by atoms with Gasteiger partial charge in [-0.25, -0.2) is 0 Å². The topological polar surface area (TPSA) is 30.2 Å². The summed E-state index contributed by atoms with van der Waals surface area (Å²) in [7, 11) is -2.00. The Morgan fingerprint density at radius 3 is 1.45 bits per heavy atom. The zero-order chi connectivity index (χ0) is 19.4. The molecule has 2 nitrogen and oxygen atoms in total. The van der Waals surface area contributed by atoms with E-state index in [1.54, 1.807) is 6.07 Å². The van der Waals surface area contributed by atoms with Crippen molar-refractivity contribution in [2.24, 2.45) is 0 Å². The van der Waals surface area contributed by atoms with E-state index in [-0.39, 0.29) is 22.8 Å². The van der Waals surface area contributed by atoms with E-state index in [2.05, 4.69) is 91.0 Å². The van der Waals surface area contributed by atoms with Crippen molar-refractivity contribution in [3.8, 4) is 0 Å². The summed E-state index contributed by atoms with van der Waals surface area (Å²) in [4.78, 5) is 11.7. The normalized spacial score (nSPS) is 10.9. The molecule has 0 amide bonds. The van der Waals surface area contributed by atoms with Crippen LogP contribution in [0.5, 0.6) is 0 Å². The van der Waals surface area contributed by atoms with E-state index in [9.17, 15) is 4.79 Å². The van der Waals surface area contributed by atoms with Crippen molar-refractivity contribution in [3.63, 3.8) is 0 Å². The lowest BCUT2D eigenvalue weighted by atomic mass is 10.3. The van der Waals surface area contributed by atoms with Gasteiger partial charge in [0.2, 0.25) is 0 Å². The van der Waals surface area contributed by atoms with Gasteiger partial charge < -0.3 is 21.4 Å². The molecule has 4 aromatic rings. The number of rotatable bonds is 6. The van der Waals surface area contributed by atoms with Gasteiger partial charge in [-0.3, -0.25) is 4.79 Å². The van der Waals surface area contributed by atoms with Crippen molar-refractivity contribution >= 4 is 29.0 Å². The lowest BCUT2D eigenvalue weighted by Gasteiger charge is -2.26. The monoisotopic (exact) mass is 464 g/mol. The van der Waals surface area contributed by atoms with Crippen LogP contribution in [-0.2, 0) is 6.16 Å². The molecular formula is C25H22BrO2P. The zero-order valence-electron chi connectivity index (χ0n) is 16.2. The summed E-state index contributed by atoms with van der Waals surface area (Å²) >= 11 is 0. The van der Waals surface area contributed by atoms with Crippen molar-refractivity contribution in [1.82, 2.24) is 0 Å². The van der Waals surface area contributed by atoms with Crippen LogP contribution in [0, 0.1) is 0 Å². The van der Waals surface area contributed by atoms with Gasteiger partial charge in [-0.1, -0.05) is 54.6 Å². The summed E-state index contributed by atoms with van der Waals surface area (Å²) < 4.78 is 5.94. The third kappa shape index (κ3) is 4.27. The molecule has 1 heterocycles. The van der Waals surface area contributed by atoms with Crippen LogP contribution < -0.4 is 32.9 Å². The van der Waals surface area contributed by atoms with Crippen LogP contribution in [0.1, 0.15) is 23.2 Å². The smallest absolute Gasteiger partial charge is 0.194 e. The van der Waals surface area contributed by atoms with E-state index >= 15 is 0 Å². The SMILES string of the molecule is CC(=O)c1ccc(C[P+](c2ccccc2)(c2ccccc2)c2ccccc2)o1.[Br-]. The van der Waals surface area contributed by atoms with Gasteiger partial charge in [0.15, 0.2) is 11.5 Å². The molecule has 0 radical (unpaired) electrons. The molecule has 1 aromatic heterocycles. The van der Waals surface area contributed by atoms with E-state index in [4.69, 9.17) is 4.42 Å². The second kappa shape index (κ2) is 9.35. The summed E-state index contributed by atoms with van der Waals surface area (Å²) in [5, 5.41) is 3.90. The van der Waals surface area contributed by atoms with Crippen molar-refractivity contribution < 1.29 is 26.2 Å². The fourth-order valence-electron chi connectivity index (χ4n) is 3.65. The number of carbonyl (C=O) groups excluding carboxylic acids is 1. The number of carbonyl (C=O) groups is 1. The summed E-state index contributed by atoms with van der Waals surface area (Å²) in [5.41, 5.74) is 0. The van der Waals surface area contributed by atoms with Gasteiger partial charge in [0.1, 0.15) is 35.1 Å². The van der Waals surface area contributed by atoms with Gasteiger partial charge in [-0.15, -0.1) is 0 Å². The molecule has 0 unspecified atom stereocenters. The van der Waals surface area contributed by atoms with Crippen LogP contribution in [0.3, 0.4) is 0 Å². The maximum atomic E-state index is 11.7. The molecule has 0 aliphatic rings. The van der Waals surface area contributed by atoms with Gasteiger partial charge in [0.25, 0.3) is 0 Å². The fourth-order valence-corrected chi connectivity index (χ4v) is 7.78. The summed E-state index contributed by atoms with van der Waals surface area (Å²) in [6, 6.07) is 35.7. The molecule has 0 saturated carbocycles. The van der Waals surface area contributed by atoms with Crippen LogP contribution in [0.25, 0.3) is 0 Å². The maximum absolute atomic E-state index is 11.7. The molecule has 0 aliphatic carbocycles. The first-order valence-corrected chi connectivity index (χ1v) is 11.3. The van der Waals surface area contributed by atoms with E-state index in [0.29, 0.717) is 5.76 Å². The first-order valence-electron chi connectivity index (χ1n) is 9.35. The Labute approximate surface area is 182 Å². The van der Waals surface area contributed by atoms with Crippen LogP contribution in [0.15, 0.2) is 108 Å². The number of benzene rings is 3. The third-order valence-electron chi connectivity index (χ3n) is 4.99. The second-order valence-corrected chi connectivity index (χ2v) is 10.3. The minimum Gasteiger partial charge on any atom is -1.00 e. The van der Waals surface area contributed by atoms with Crippen molar-refractivity contribution in [3.05, 3.63) is 115 Å². The Hall–Kier alpha value is -2.48. The average Bonchev–Trinajstić information content (AvgIpc) is 3.23. The van der Waals surface area contributed by atoms with Crippen LogP contribution in [0.4, 0.5) is 0 Å². The van der Waals surface area contributed by atoms with Gasteiger partial charge in [-0.2, -0.15) is 0 Å². The highest BCUT2D eigenvalue weighted by Gasteiger charge is 2.46. The molecule has 29 heavy (non-hydrogen) atoms. The quantitative estimate of drug-likeness (QED) is 0.322. The number of ketones is 1. The Morgan fingerprint density at radius 2 is 1.10 bits per heavy atom. The highest BCUT2D eigenvalue weighted by atomic mass is 79.9. The molecule has 4 heteroatoms. The Morgan fingerprint density at radius 1 is 0.690 bits per heavy atom. The number of Topliss-reactive ketones (excluding diaryl/α,β-unsaturated/α-hetero) is 1. The highest BCUT2D eigenvalue weighted by Crippen LogP contribution is 2.58. The van der Waals surface area contributed by atoms with Gasteiger partial charge in [-0.05, 0) is 48.5 Å². The molecule has 3 aromatic carbocycles. The number of hydrogen-bond donors (Lipinski definition) is 0. The first kappa shape index (κ1) is 21.2. The minimum absolute atomic E-state index is 0. The second-order valence-electron chi connectivity index (χ2n) is 6.80. The van der Waals surface area contributed by atoms with Crippen molar-refractivity contribution in [1.29, 1.82) is 0 Å².